The summed E-state index contributed by atoms with van der Waals surface area (Å²) in [5.74, 6) is -2.23. The molecule has 0 spiro atoms. The molecule has 1 saturated carbocycles. The number of aromatic nitrogens is 2. The van der Waals surface area contributed by atoms with Gasteiger partial charge in [0.2, 0.25) is 0 Å². The molecule has 3 rings (SSSR count). The summed E-state index contributed by atoms with van der Waals surface area (Å²) in [5.41, 5.74) is 3.72. The maximum Gasteiger partial charge on any atom is 0.328 e. The number of hydrogen-bond donors (Lipinski definition) is 1. The zero-order valence-corrected chi connectivity index (χ0v) is 17.2. The minimum Gasteiger partial charge on any atom is -0.454 e. The summed E-state index contributed by atoms with van der Waals surface area (Å²) in [6, 6.07) is 8.52. The van der Waals surface area contributed by atoms with Crippen molar-refractivity contribution in [3.8, 4) is 6.07 Å². The number of carbonyl (C=O) groups excluding carboxylic acids is 3. The zero-order valence-electron chi connectivity index (χ0n) is 17.2. The average Bonchev–Trinajstić information content (AvgIpc) is 2.79. The minimum atomic E-state index is -0.894. The number of esters is 1. The van der Waals surface area contributed by atoms with Gasteiger partial charge in [-0.05, 0) is 18.9 Å². The molecule has 31 heavy (non-hydrogen) atoms. The first-order valence-corrected chi connectivity index (χ1v) is 9.92. The maximum atomic E-state index is 12.6. The van der Waals surface area contributed by atoms with E-state index in [0.717, 1.165) is 23.9 Å². The summed E-state index contributed by atoms with van der Waals surface area (Å²) < 4.78 is 5.81. The van der Waals surface area contributed by atoms with E-state index < -0.39 is 42.0 Å². The number of primary amides is 1. The summed E-state index contributed by atoms with van der Waals surface area (Å²) >= 11 is 0. The fraction of sp³-hybridized carbons (Fsp3) is 0.429. The average molecular weight is 425 g/mol. The van der Waals surface area contributed by atoms with E-state index in [2.05, 4.69) is 11.2 Å². The first kappa shape index (κ1) is 22.0. The molecule has 1 heterocycles. The Morgan fingerprint density at radius 3 is 2.48 bits per heavy atom. The number of nitriles is 1. The van der Waals surface area contributed by atoms with Crippen LogP contribution in [0.2, 0.25) is 0 Å². The highest BCUT2D eigenvalue weighted by Gasteiger charge is 2.39. The van der Waals surface area contributed by atoms with Crippen molar-refractivity contribution in [1.82, 2.24) is 14.7 Å². The van der Waals surface area contributed by atoms with Gasteiger partial charge in [0.15, 0.2) is 12.3 Å². The molecule has 1 aromatic heterocycles. The standard InChI is InChI=1S/C21H23N5O5/c1-25(21(13-22)9-5-2-6-10-21)16(27)12-31-17(28)11-26-20(30)15-8-4-3-7-14(15)18(24-26)19(23)29/h3-4,7-8H,2,5-6,9-12H2,1H3,(H2,23,29). The molecule has 0 unspecified atom stereocenters. The first-order valence-electron chi connectivity index (χ1n) is 9.92. The van der Waals surface area contributed by atoms with Gasteiger partial charge in [-0.15, -0.1) is 0 Å². The summed E-state index contributed by atoms with van der Waals surface area (Å²) in [5, 5.41) is 13.9. The molecule has 0 aliphatic heterocycles. The van der Waals surface area contributed by atoms with Gasteiger partial charge in [-0.25, -0.2) is 4.68 Å². The van der Waals surface area contributed by atoms with Crippen LogP contribution < -0.4 is 11.3 Å². The van der Waals surface area contributed by atoms with Gasteiger partial charge < -0.3 is 15.4 Å². The highest BCUT2D eigenvalue weighted by atomic mass is 16.5. The Hall–Kier alpha value is -3.74. The van der Waals surface area contributed by atoms with Crippen LogP contribution in [0, 0.1) is 11.3 Å². The lowest BCUT2D eigenvalue weighted by Gasteiger charge is -2.38. The second-order valence-electron chi connectivity index (χ2n) is 7.54. The predicted molar refractivity (Wildman–Crippen MR) is 110 cm³/mol. The van der Waals surface area contributed by atoms with Crippen molar-refractivity contribution >= 4 is 28.6 Å². The summed E-state index contributed by atoms with van der Waals surface area (Å²) in [4.78, 5) is 50.4. The fourth-order valence-electron chi connectivity index (χ4n) is 3.83. The van der Waals surface area contributed by atoms with Crippen molar-refractivity contribution in [3.63, 3.8) is 0 Å². The zero-order chi connectivity index (χ0) is 22.6. The van der Waals surface area contributed by atoms with E-state index in [0.29, 0.717) is 12.8 Å². The van der Waals surface area contributed by atoms with Gasteiger partial charge >= 0.3 is 5.97 Å². The van der Waals surface area contributed by atoms with Crippen molar-refractivity contribution in [2.45, 2.75) is 44.2 Å². The van der Waals surface area contributed by atoms with Gasteiger partial charge in [-0.3, -0.25) is 19.2 Å². The molecule has 10 nitrogen and oxygen atoms in total. The van der Waals surface area contributed by atoms with Crippen molar-refractivity contribution in [1.29, 1.82) is 5.26 Å². The molecule has 0 bridgehead atoms. The molecule has 1 aromatic carbocycles. The predicted octanol–water partition coefficient (Wildman–Crippen LogP) is 0.723. The number of hydrogen-bond acceptors (Lipinski definition) is 7. The van der Waals surface area contributed by atoms with E-state index >= 15 is 0 Å². The number of ether oxygens (including phenoxy) is 1. The number of nitrogens with zero attached hydrogens (tertiary/aromatic N) is 4. The van der Waals surface area contributed by atoms with Crippen LogP contribution in [-0.4, -0.2) is 51.7 Å². The Labute approximate surface area is 178 Å². The Kier molecular flexibility index (Phi) is 6.34. The van der Waals surface area contributed by atoms with Gasteiger partial charge in [-0.1, -0.05) is 37.5 Å². The number of amides is 2. The molecule has 1 fully saturated rings. The van der Waals surface area contributed by atoms with Crippen LogP contribution in [-0.2, 0) is 20.9 Å². The molecule has 2 N–H and O–H groups in total. The molecule has 2 aromatic rings. The molecule has 2 amide bonds. The molecule has 1 aliphatic carbocycles. The third kappa shape index (κ3) is 4.40. The van der Waals surface area contributed by atoms with Crippen molar-refractivity contribution < 1.29 is 19.1 Å². The normalized spacial score (nSPS) is 15.1. The highest BCUT2D eigenvalue weighted by Crippen LogP contribution is 2.32. The fourth-order valence-corrected chi connectivity index (χ4v) is 3.83. The molecule has 1 aliphatic rings. The van der Waals surface area contributed by atoms with Crippen LogP contribution in [0.25, 0.3) is 10.8 Å². The van der Waals surface area contributed by atoms with Crippen LogP contribution in [0.3, 0.4) is 0 Å². The molecule has 0 radical (unpaired) electrons. The van der Waals surface area contributed by atoms with Crippen molar-refractivity contribution in [3.05, 3.63) is 40.3 Å². The lowest BCUT2D eigenvalue weighted by molar-refractivity contribution is -0.154. The first-order chi connectivity index (χ1) is 14.8. The number of carbonyl (C=O) groups is 3. The lowest BCUT2D eigenvalue weighted by Crippen LogP contribution is -2.51. The van der Waals surface area contributed by atoms with Crippen LogP contribution in [0.5, 0.6) is 0 Å². The number of benzene rings is 1. The van der Waals surface area contributed by atoms with E-state index in [4.69, 9.17) is 10.5 Å². The van der Waals surface area contributed by atoms with Gasteiger partial charge in [0.25, 0.3) is 17.4 Å². The Morgan fingerprint density at radius 2 is 1.87 bits per heavy atom. The third-order valence-electron chi connectivity index (χ3n) is 5.64. The number of likely N-dealkylation sites (N-methyl/N-ethyl adjacent to an activating group) is 1. The second kappa shape index (κ2) is 8.95. The lowest BCUT2D eigenvalue weighted by atomic mass is 9.81. The number of rotatable bonds is 6. The Morgan fingerprint density at radius 1 is 1.23 bits per heavy atom. The highest BCUT2D eigenvalue weighted by molar-refractivity contribution is 6.04. The Bertz CT molecular complexity index is 1130. The number of fused-ring (bicyclic) bond motifs is 1. The van der Waals surface area contributed by atoms with Gasteiger partial charge in [0.05, 0.1) is 11.5 Å². The molecule has 0 saturated heterocycles. The van der Waals surface area contributed by atoms with Crippen molar-refractivity contribution in [2.75, 3.05) is 13.7 Å². The molecule has 162 valence electrons. The molecule has 10 heteroatoms. The SMILES string of the molecule is CN(C(=O)COC(=O)Cn1nc(C(N)=O)c2ccccc2c1=O)C1(C#N)CCCCC1. The van der Waals surface area contributed by atoms with Crippen LogP contribution in [0.15, 0.2) is 29.1 Å². The molecular weight excluding hydrogens is 402 g/mol. The van der Waals surface area contributed by atoms with Crippen LogP contribution in [0.4, 0.5) is 0 Å². The molecular formula is C21H23N5O5. The third-order valence-corrected chi connectivity index (χ3v) is 5.64. The van der Waals surface area contributed by atoms with E-state index in [1.807, 2.05) is 0 Å². The summed E-state index contributed by atoms with van der Waals surface area (Å²) in [7, 11) is 1.53. The molecule has 0 atom stereocenters. The summed E-state index contributed by atoms with van der Waals surface area (Å²) in [6.07, 6.45) is 3.87. The second-order valence-corrected chi connectivity index (χ2v) is 7.54. The summed E-state index contributed by atoms with van der Waals surface area (Å²) in [6.45, 7) is -1.16. The topological polar surface area (TPSA) is 148 Å². The van der Waals surface area contributed by atoms with E-state index in [-0.39, 0.29) is 16.5 Å². The van der Waals surface area contributed by atoms with Crippen LogP contribution >= 0.6 is 0 Å². The van der Waals surface area contributed by atoms with Gasteiger partial charge in [0.1, 0.15) is 12.1 Å². The van der Waals surface area contributed by atoms with E-state index in [1.165, 1.54) is 24.1 Å². The largest absolute Gasteiger partial charge is 0.454 e. The van der Waals surface area contributed by atoms with E-state index in [9.17, 15) is 24.4 Å². The smallest absolute Gasteiger partial charge is 0.328 e. The number of nitrogens with two attached hydrogens (primary N) is 1. The maximum absolute atomic E-state index is 12.6. The van der Waals surface area contributed by atoms with Gasteiger partial charge in [-0.2, -0.15) is 10.4 Å². The Balaban J connectivity index is 1.71. The monoisotopic (exact) mass is 425 g/mol. The van der Waals surface area contributed by atoms with Crippen molar-refractivity contribution in [2.24, 2.45) is 5.73 Å². The van der Waals surface area contributed by atoms with Gasteiger partial charge in [0, 0.05) is 12.4 Å². The minimum absolute atomic E-state index is 0.146. The van der Waals surface area contributed by atoms with E-state index in [1.54, 1.807) is 12.1 Å². The quantitative estimate of drug-likeness (QED) is 0.670. The van der Waals surface area contributed by atoms with Crippen LogP contribution in [0.1, 0.15) is 42.6 Å².